The number of hydrogen-bond donors (Lipinski definition) is 2. The predicted molar refractivity (Wildman–Crippen MR) is 94.7 cm³/mol. The molecule has 0 spiro atoms. The van der Waals surface area contributed by atoms with Crippen LogP contribution in [0, 0.1) is 13.8 Å². The minimum Gasteiger partial charge on any atom is -0.492 e. The van der Waals surface area contributed by atoms with Crippen molar-refractivity contribution in [2.75, 3.05) is 26.3 Å². The zero-order chi connectivity index (χ0) is 17.2. The summed E-state index contributed by atoms with van der Waals surface area (Å²) in [5.74, 6) is 1.60. The second-order valence-electron chi connectivity index (χ2n) is 5.51. The lowest BCUT2D eigenvalue weighted by Crippen LogP contribution is -2.39. The second-order valence-corrected chi connectivity index (χ2v) is 5.51. The highest BCUT2D eigenvalue weighted by Gasteiger charge is 2.00. The van der Waals surface area contributed by atoms with Crippen LogP contribution < -0.4 is 20.1 Å². The van der Waals surface area contributed by atoms with Crippen LogP contribution in [0.1, 0.15) is 11.1 Å². The summed E-state index contributed by atoms with van der Waals surface area (Å²) >= 11 is 0. The molecule has 2 rings (SSSR count). The number of aryl methyl sites for hydroxylation is 2. The van der Waals surface area contributed by atoms with Gasteiger partial charge in [-0.1, -0.05) is 35.4 Å². The van der Waals surface area contributed by atoms with E-state index in [2.05, 4.69) is 10.6 Å². The number of rotatable bonds is 8. The SMILES string of the molecule is Cc1ccc(OCCNC(=O)NCCOc2ccc(C)cc2)cc1. The fourth-order valence-corrected chi connectivity index (χ4v) is 2.00. The molecule has 128 valence electrons. The monoisotopic (exact) mass is 328 g/mol. The highest BCUT2D eigenvalue weighted by Crippen LogP contribution is 2.11. The summed E-state index contributed by atoms with van der Waals surface area (Å²) in [4.78, 5) is 11.6. The maximum absolute atomic E-state index is 11.6. The first-order chi connectivity index (χ1) is 11.6. The van der Waals surface area contributed by atoms with E-state index in [4.69, 9.17) is 9.47 Å². The number of urea groups is 1. The van der Waals surface area contributed by atoms with E-state index in [1.165, 1.54) is 11.1 Å². The zero-order valence-electron chi connectivity index (χ0n) is 14.2. The smallest absolute Gasteiger partial charge is 0.315 e. The van der Waals surface area contributed by atoms with E-state index in [0.717, 1.165) is 11.5 Å². The molecule has 0 aliphatic carbocycles. The molecule has 5 nitrogen and oxygen atoms in total. The predicted octanol–water partition coefficient (Wildman–Crippen LogP) is 3.06. The van der Waals surface area contributed by atoms with Crippen molar-refractivity contribution >= 4 is 6.03 Å². The van der Waals surface area contributed by atoms with Crippen molar-refractivity contribution < 1.29 is 14.3 Å². The lowest BCUT2D eigenvalue weighted by molar-refractivity contribution is 0.232. The van der Waals surface area contributed by atoms with Gasteiger partial charge in [0.25, 0.3) is 0 Å². The first-order valence-electron chi connectivity index (χ1n) is 8.04. The number of hydrogen-bond acceptors (Lipinski definition) is 3. The number of ether oxygens (including phenoxy) is 2. The number of carbonyl (C=O) groups excluding carboxylic acids is 1. The number of amides is 2. The molecule has 2 aromatic carbocycles. The van der Waals surface area contributed by atoms with Crippen LogP contribution in [0.4, 0.5) is 4.79 Å². The number of carbonyl (C=O) groups is 1. The third kappa shape index (κ3) is 6.60. The van der Waals surface area contributed by atoms with Crippen LogP contribution >= 0.6 is 0 Å². The molecule has 0 saturated heterocycles. The Morgan fingerprint density at radius 1 is 0.750 bits per heavy atom. The Morgan fingerprint density at radius 2 is 1.12 bits per heavy atom. The summed E-state index contributed by atoms with van der Waals surface area (Å²) in [6.45, 7) is 5.79. The van der Waals surface area contributed by atoms with Gasteiger partial charge < -0.3 is 20.1 Å². The molecule has 24 heavy (non-hydrogen) atoms. The Labute approximate surface area is 143 Å². The molecule has 2 aromatic rings. The van der Waals surface area contributed by atoms with Crippen molar-refractivity contribution in [3.63, 3.8) is 0 Å². The Hall–Kier alpha value is -2.69. The maximum atomic E-state index is 11.6. The summed E-state index contributed by atoms with van der Waals surface area (Å²) in [7, 11) is 0. The second kappa shape index (κ2) is 9.45. The average Bonchev–Trinajstić information content (AvgIpc) is 2.59. The van der Waals surface area contributed by atoms with E-state index < -0.39 is 0 Å². The van der Waals surface area contributed by atoms with Gasteiger partial charge in [0, 0.05) is 0 Å². The molecular formula is C19H24N2O3. The summed E-state index contributed by atoms with van der Waals surface area (Å²) in [6, 6.07) is 15.4. The first kappa shape index (κ1) is 17.7. The van der Waals surface area contributed by atoms with Crippen molar-refractivity contribution in [2.24, 2.45) is 0 Å². The molecule has 0 unspecified atom stereocenters. The largest absolute Gasteiger partial charge is 0.492 e. The Kier molecular flexibility index (Phi) is 6.95. The molecule has 0 bridgehead atoms. The first-order valence-corrected chi connectivity index (χ1v) is 8.04. The normalized spacial score (nSPS) is 10.1. The molecule has 0 atom stereocenters. The quantitative estimate of drug-likeness (QED) is 0.732. The van der Waals surface area contributed by atoms with Gasteiger partial charge in [-0.05, 0) is 38.1 Å². The van der Waals surface area contributed by atoms with Gasteiger partial charge in [-0.25, -0.2) is 4.79 Å². The molecule has 5 heteroatoms. The topological polar surface area (TPSA) is 59.6 Å². The third-order valence-corrected chi connectivity index (χ3v) is 3.35. The van der Waals surface area contributed by atoms with Gasteiger partial charge in [0.15, 0.2) is 0 Å². The fraction of sp³-hybridized carbons (Fsp3) is 0.316. The Morgan fingerprint density at radius 3 is 1.50 bits per heavy atom. The maximum Gasteiger partial charge on any atom is 0.315 e. The molecule has 2 amide bonds. The lowest BCUT2D eigenvalue weighted by atomic mass is 10.2. The Bertz CT molecular complexity index is 569. The highest BCUT2D eigenvalue weighted by molar-refractivity contribution is 5.73. The summed E-state index contributed by atoms with van der Waals surface area (Å²) < 4.78 is 11.1. The fourth-order valence-electron chi connectivity index (χ4n) is 2.00. The van der Waals surface area contributed by atoms with Crippen molar-refractivity contribution in [2.45, 2.75) is 13.8 Å². The Balaban J connectivity index is 1.52. The van der Waals surface area contributed by atoms with Crippen LogP contribution in [0.15, 0.2) is 48.5 Å². The van der Waals surface area contributed by atoms with Crippen LogP contribution in [0.5, 0.6) is 11.5 Å². The average molecular weight is 328 g/mol. The van der Waals surface area contributed by atoms with Gasteiger partial charge in [-0.3, -0.25) is 0 Å². The van der Waals surface area contributed by atoms with Gasteiger partial charge in [0.2, 0.25) is 0 Å². The number of nitrogens with one attached hydrogen (secondary N) is 2. The summed E-state index contributed by atoms with van der Waals surface area (Å²) in [5.41, 5.74) is 2.38. The van der Waals surface area contributed by atoms with Crippen LogP contribution in [0.25, 0.3) is 0 Å². The summed E-state index contributed by atoms with van der Waals surface area (Å²) in [5, 5.41) is 5.48. The standard InChI is InChI=1S/C19H24N2O3/c1-15-3-7-17(8-4-15)23-13-11-20-19(22)21-12-14-24-18-9-5-16(2)6-10-18/h3-10H,11-14H2,1-2H3,(H2,20,21,22). The summed E-state index contributed by atoms with van der Waals surface area (Å²) in [6.07, 6.45) is 0. The molecule has 2 N–H and O–H groups in total. The van der Waals surface area contributed by atoms with Crippen LogP contribution in [-0.4, -0.2) is 32.3 Å². The van der Waals surface area contributed by atoms with Gasteiger partial charge in [0.1, 0.15) is 24.7 Å². The van der Waals surface area contributed by atoms with Gasteiger partial charge in [-0.15, -0.1) is 0 Å². The van der Waals surface area contributed by atoms with Crippen molar-refractivity contribution in [3.8, 4) is 11.5 Å². The molecule has 0 heterocycles. The van der Waals surface area contributed by atoms with E-state index >= 15 is 0 Å². The van der Waals surface area contributed by atoms with Crippen LogP contribution in [-0.2, 0) is 0 Å². The molecule has 0 aliphatic heterocycles. The van der Waals surface area contributed by atoms with Crippen LogP contribution in [0.2, 0.25) is 0 Å². The van der Waals surface area contributed by atoms with E-state index in [0.29, 0.717) is 26.3 Å². The molecule has 0 radical (unpaired) electrons. The van der Waals surface area contributed by atoms with Crippen molar-refractivity contribution in [1.82, 2.24) is 10.6 Å². The molecule has 0 aliphatic rings. The van der Waals surface area contributed by atoms with E-state index in [1.54, 1.807) is 0 Å². The molecule has 0 fully saturated rings. The zero-order valence-corrected chi connectivity index (χ0v) is 14.2. The number of benzene rings is 2. The lowest BCUT2D eigenvalue weighted by Gasteiger charge is -2.10. The van der Waals surface area contributed by atoms with Gasteiger partial charge >= 0.3 is 6.03 Å². The third-order valence-electron chi connectivity index (χ3n) is 3.35. The minimum atomic E-state index is -0.227. The highest BCUT2D eigenvalue weighted by atomic mass is 16.5. The molecular weight excluding hydrogens is 304 g/mol. The van der Waals surface area contributed by atoms with Gasteiger partial charge in [0.05, 0.1) is 13.1 Å². The van der Waals surface area contributed by atoms with Crippen molar-refractivity contribution in [3.05, 3.63) is 59.7 Å². The minimum absolute atomic E-state index is 0.227. The molecule has 0 saturated carbocycles. The van der Waals surface area contributed by atoms with E-state index in [-0.39, 0.29) is 6.03 Å². The molecule has 0 aromatic heterocycles. The van der Waals surface area contributed by atoms with Crippen LogP contribution in [0.3, 0.4) is 0 Å². The van der Waals surface area contributed by atoms with E-state index in [1.807, 2.05) is 62.4 Å². The van der Waals surface area contributed by atoms with Gasteiger partial charge in [-0.2, -0.15) is 0 Å². The van der Waals surface area contributed by atoms with Crippen molar-refractivity contribution in [1.29, 1.82) is 0 Å². The van der Waals surface area contributed by atoms with E-state index in [9.17, 15) is 4.79 Å².